The second-order valence-electron chi connectivity index (χ2n) is 4.69. The highest BCUT2D eigenvalue weighted by Gasteiger charge is 2.39. The number of pyridine rings is 1. The first kappa shape index (κ1) is 13.5. The minimum Gasteiger partial charge on any atom is -0.478 e. The third-order valence-corrected chi connectivity index (χ3v) is 3.52. The van der Waals surface area contributed by atoms with Crippen molar-refractivity contribution in [3.8, 4) is 0 Å². The lowest BCUT2D eigenvalue weighted by molar-refractivity contribution is -0.122. The first-order chi connectivity index (χ1) is 9.07. The Balaban J connectivity index is 2.14. The number of carboxylic acids is 1. The molecular formula is C13H17N3O3. The summed E-state index contributed by atoms with van der Waals surface area (Å²) in [6.07, 6.45) is 5.16. The molecular weight excluding hydrogens is 246 g/mol. The first-order valence-electron chi connectivity index (χ1n) is 6.32. The number of carbonyl (C=O) groups excluding carboxylic acids is 1. The van der Waals surface area contributed by atoms with Gasteiger partial charge in [0.25, 0.3) is 0 Å². The smallest absolute Gasteiger partial charge is 0.337 e. The van der Waals surface area contributed by atoms with E-state index in [9.17, 15) is 9.59 Å². The van der Waals surface area contributed by atoms with Crippen LogP contribution in [0.15, 0.2) is 18.5 Å². The Morgan fingerprint density at radius 2 is 2.32 bits per heavy atom. The number of nitrogens with one attached hydrogen (secondary N) is 2. The average molecular weight is 263 g/mol. The van der Waals surface area contributed by atoms with Crippen LogP contribution in [0.1, 0.15) is 36.5 Å². The molecule has 19 heavy (non-hydrogen) atoms. The Bertz CT molecular complexity index is 496. The zero-order valence-corrected chi connectivity index (χ0v) is 10.8. The number of nitrogens with zero attached hydrogens (tertiary/aromatic N) is 1. The number of hydrogen-bond donors (Lipinski definition) is 3. The van der Waals surface area contributed by atoms with Crippen molar-refractivity contribution in [2.24, 2.45) is 0 Å². The molecule has 1 aliphatic heterocycles. The lowest BCUT2D eigenvalue weighted by Crippen LogP contribution is -2.50. The summed E-state index contributed by atoms with van der Waals surface area (Å²) in [4.78, 5) is 27.0. The van der Waals surface area contributed by atoms with Gasteiger partial charge in [-0.3, -0.25) is 9.78 Å². The molecule has 2 rings (SSSR count). The van der Waals surface area contributed by atoms with Crippen molar-refractivity contribution in [2.45, 2.75) is 31.7 Å². The fraction of sp³-hybridized carbons (Fsp3) is 0.462. The molecule has 6 heteroatoms. The van der Waals surface area contributed by atoms with Gasteiger partial charge in [0.2, 0.25) is 5.91 Å². The maximum absolute atomic E-state index is 12.3. The second-order valence-corrected chi connectivity index (χ2v) is 4.69. The molecule has 0 aromatic carbocycles. The predicted molar refractivity (Wildman–Crippen MR) is 70.1 cm³/mol. The maximum atomic E-state index is 12.3. The first-order valence-corrected chi connectivity index (χ1v) is 6.32. The number of anilines is 1. The highest BCUT2D eigenvalue weighted by atomic mass is 16.4. The standard InChI is InChI=1S/C13H17N3O3/c1-2-13(4-3-5-15-13)12(19)16-10-6-9(11(17)18)7-14-8-10/h6-8,15H,2-5H2,1H3,(H,16,19)(H,17,18). The van der Waals surface area contributed by atoms with Crippen LogP contribution in [0.3, 0.4) is 0 Å². The molecule has 1 aromatic rings. The van der Waals surface area contributed by atoms with E-state index < -0.39 is 11.5 Å². The highest BCUT2D eigenvalue weighted by Crippen LogP contribution is 2.24. The van der Waals surface area contributed by atoms with Crippen LogP contribution in [0, 0.1) is 0 Å². The molecule has 102 valence electrons. The molecule has 1 aliphatic rings. The molecule has 2 heterocycles. The normalized spacial score (nSPS) is 22.2. The van der Waals surface area contributed by atoms with E-state index in [0.29, 0.717) is 12.1 Å². The molecule has 0 aliphatic carbocycles. The third kappa shape index (κ3) is 2.73. The van der Waals surface area contributed by atoms with E-state index in [1.165, 1.54) is 18.5 Å². The van der Waals surface area contributed by atoms with Crippen molar-refractivity contribution in [2.75, 3.05) is 11.9 Å². The zero-order chi connectivity index (χ0) is 13.9. The molecule has 0 radical (unpaired) electrons. The minimum atomic E-state index is -1.06. The number of amides is 1. The summed E-state index contributed by atoms with van der Waals surface area (Å²) in [5.41, 5.74) is -0.0756. The summed E-state index contributed by atoms with van der Waals surface area (Å²) >= 11 is 0. The molecule has 1 amide bonds. The van der Waals surface area contributed by atoms with Gasteiger partial charge in [-0.05, 0) is 31.9 Å². The van der Waals surface area contributed by atoms with E-state index >= 15 is 0 Å². The number of aromatic nitrogens is 1. The fourth-order valence-electron chi connectivity index (χ4n) is 2.34. The Kier molecular flexibility index (Phi) is 3.80. The van der Waals surface area contributed by atoms with Crippen LogP contribution in [-0.4, -0.2) is 34.1 Å². The van der Waals surface area contributed by atoms with Crippen LogP contribution in [-0.2, 0) is 4.79 Å². The molecule has 0 saturated carbocycles. The summed E-state index contributed by atoms with van der Waals surface area (Å²) in [5.74, 6) is -1.19. The van der Waals surface area contributed by atoms with Gasteiger partial charge in [0.1, 0.15) is 0 Å². The van der Waals surface area contributed by atoms with Crippen molar-refractivity contribution in [3.63, 3.8) is 0 Å². The van der Waals surface area contributed by atoms with Crippen LogP contribution in [0.4, 0.5) is 5.69 Å². The van der Waals surface area contributed by atoms with E-state index in [1.54, 1.807) is 0 Å². The van der Waals surface area contributed by atoms with E-state index in [0.717, 1.165) is 19.4 Å². The van der Waals surface area contributed by atoms with Gasteiger partial charge in [-0.2, -0.15) is 0 Å². The monoisotopic (exact) mass is 263 g/mol. The molecule has 6 nitrogen and oxygen atoms in total. The van der Waals surface area contributed by atoms with E-state index in [-0.39, 0.29) is 11.5 Å². The third-order valence-electron chi connectivity index (χ3n) is 3.52. The van der Waals surface area contributed by atoms with Crippen molar-refractivity contribution >= 4 is 17.6 Å². The SMILES string of the molecule is CCC1(C(=O)Nc2cncc(C(=O)O)c2)CCCN1. The number of carbonyl (C=O) groups is 2. The molecule has 1 aromatic heterocycles. The Hall–Kier alpha value is -1.95. The maximum Gasteiger partial charge on any atom is 0.337 e. The van der Waals surface area contributed by atoms with Crippen LogP contribution < -0.4 is 10.6 Å². The van der Waals surface area contributed by atoms with Crippen LogP contribution >= 0.6 is 0 Å². The van der Waals surface area contributed by atoms with E-state index in [4.69, 9.17) is 5.11 Å². The van der Waals surface area contributed by atoms with Crippen LogP contribution in [0.25, 0.3) is 0 Å². The molecule has 3 N–H and O–H groups in total. The van der Waals surface area contributed by atoms with Crippen molar-refractivity contribution in [1.82, 2.24) is 10.3 Å². The van der Waals surface area contributed by atoms with Gasteiger partial charge in [-0.25, -0.2) is 4.79 Å². The Labute approximate surface area is 111 Å². The summed E-state index contributed by atoms with van der Waals surface area (Å²) in [5, 5.41) is 14.9. The van der Waals surface area contributed by atoms with Gasteiger partial charge in [-0.15, -0.1) is 0 Å². The van der Waals surface area contributed by atoms with E-state index in [2.05, 4.69) is 15.6 Å². The van der Waals surface area contributed by atoms with Gasteiger partial charge in [0, 0.05) is 6.20 Å². The number of aromatic carboxylic acids is 1. The number of hydrogen-bond acceptors (Lipinski definition) is 4. The minimum absolute atomic E-state index is 0.0581. The van der Waals surface area contributed by atoms with Crippen LogP contribution in [0.2, 0.25) is 0 Å². The van der Waals surface area contributed by atoms with Gasteiger partial charge in [0.15, 0.2) is 0 Å². The van der Waals surface area contributed by atoms with Crippen molar-refractivity contribution in [3.05, 3.63) is 24.0 Å². The largest absolute Gasteiger partial charge is 0.478 e. The molecule has 1 unspecified atom stereocenters. The Morgan fingerprint density at radius 3 is 2.89 bits per heavy atom. The molecule has 1 saturated heterocycles. The molecule has 1 fully saturated rings. The quantitative estimate of drug-likeness (QED) is 0.760. The fourth-order valence-corrected chi connectivity index (χ4v) is 2.34. The van der Waals surface area contributed by atoms with Gasteiger partial charge in [-0.1, -0.05) is 6.92 Å². The molecule has 0 bridgehead atoms. The zero-order valence-electron chi connectivity index (χ0n) is 10.8. The summed E-state index contributed by atoms with van der Waals surface area (Å²) in [6, 6.07) is 1.41. The number of carboxylic acid groups (broad SMARTS) is 1. The lowest BCUT2D eigenvalue weighted by Gasteiger charge is -2.26. The van der Waals surface area contributed by atoms with Crippen LogP contribution in [0.5, 0.6) is 0 Å². The summed E-state index contributed by atoms with van der Waals surface area (Å²) < 4.78 is 0. The second kappa shape index (κ2) is 5.36. The summed E-state index contributed by atoms with van der Waals surface area (Å²) in [7, 11) is 0. The average Bonchev–Trinajstić information content (AvgIpc) is 2.89. The Morgan fingerprint density at radius 1 is 1.53 bits per heavy atom. The van der Waals surface area contributed by atoms with Gasteiger partial charge in [0.05, 0.1) is 23.0 Å². The number of rotatable bonds is 4. The summed E-state index contributed by atoms with van der Waals surface area (Å²) in [6.45, 7) is 2.79. The molecule has 0 spiro atoms. The molecule has 1 atom stereocenters. The highest BCUT2D eigenvalue weighted by molar-refractivity contribution is 5.99. The lowest BCUT2D eigenvalue weighted by atomic mass is 9.93. The van der Waals surface area contributed by atoms with Gasteiger partial charge < -0.3 is 15.7 Å². The topological polar surface area (TPSA) is 91.3 Å². The predicted octanol–water partition coefficient (Wildman–Crippen LogP) is 1.25. The van der Waals surface area contributed by atoms with Gasteiger partial charge >= 0.3 is 5.97 Å². The van der Waals surface area contributed by atoms with Crippen molar-refractivity contribution in [1.29, 1.82) is 0 Å². The van der Waals surface area contributed by atoms with Crippen molar-refractivity contribution < 1.29 is 14.7 Å². The van der Waals surface area contributed by atoms with E-state index in [1.807, 2.05) is 6.92 Å².